The zero-order valence-corrected chi connectivity index (χ0v) is 14.1. The molecule has 0 fully saturated rings. The van der Waals surface area contributed by atoms with Gasteiger partial charge in [-0.3, -0.25) is 9.59 Å². The highest BCUT2D eigenvalue weighted by Crippen LogP contribution is 2.19. The molecule has 22 heavy (non-hydrogen) atoms. The van der Waals surface area contributed by atoms with E-state index < -0.39 is 12.1 Å². The number of nitrogens with one attached hydrogen (secondary N) is 1. The molecule has 0 spiro atoms. The normalized spacial score (nSPS) is 12.5. The number of benzene rings is 1. The van der Waals surface area contributed by atoms with Crippen LogP contribution in [0.15, 0.2) is 18.2 Å². The van der Waals surface area contributed by atoms with Crippen molar-refractivity contribution in [2.75, 3.05) is 7.11 Å². The highest BCUT2D eigenvalue weighted by Gasteiger charge is 2.22. The second kappa shape index (κ2) is 7.29. The number of hydrogen-bond acceptors (Lipinski definition) is 4. The highest BCUT2D eigenvalue weighted by atomic mass is 16.5. The van der Waals surface area contributed by atoms with Gasteiger partial charge >= 0.3 is 5.97 Å². The van der Waals surface area contributed by atoms with Crippen LogP contribution < -0.4 is 10.1 Å². The first-order valence-corrected chi connectivity index (χ1v) is 7.27. The predicted octanol–water partition coefficient (Wildman–Crippen LogP) is 2.39. The molecule has 1 atom stereocenters. The first-order chi connectivity index (χ1) is 10.1. The SMILES string of the molecule is COc1cc(CC(=O)O[C@@H](C)C(=O)NC(C)(C)C)ccc1C. The molecule has 0 saturated carbocycles. The summed E-state index contributed by atoms with van der Waals surface area (Å²) in [5, 5.41) is 2.78. The van der Waals surface area contributed by atoms with Gasteiger partial charge in [-0.1, -0.05) is 12.1 Å². The molecule has 122 valence electrons. The molecule has 1 aromatic carbocycles. The van der Waals surface area contributed by atoms with E-state index in [1.165, 1.54) is 0 Å². The number of carbonyl (C=O) groups excluding carboxylic acids is 2. The summed E-state index contributed by atoms with van der Waals surface area (Å²) in [4.78, 5) is 23.8. The summed E-state index contributed by atoms with van der Waals surface area (Å²) in [6.45, 7) is 9.11. The van der Waals surface area contributed by atoms with Gasteiger partial charge in [0, 0.05) is 5.54 Å². The molecule has 0 aliphatic rings. The van der Waals surface area contributed by atoms with Gasteiger partial charge in [0.15, 0.2) is 6.10 Å². The summed E-state index contributed by atoms with van der Waals surface area (Å²) < 4.78 is 10.4. The number of hydrogen-bond donors (Lipinski definition) is 1. The van der Waals surface area contributed by atoms with Crippen molar-refractivity contribution in [3.63, 3.8) is 0 Å². The smallest absolute Gasteiger partial charge is 0.311 e. The van der Waals surface area contributed by atoms with Crippen molar-refractivity contribution < 1.29 is 19.1 Å². The summed E-state index contributed by atoms with van der Waals surface area (Å²) in [7, 11) is 1.59. The second-order valence-electron chi connectivity index (χ2n) is 6.35. The molecule has 0 aliphatic heterocycles. The molecule has 0 unspecified atom stereocenters. The fourth-order valence-corrected chi connectivity index (χ4v) is 1.90. The lowest BCUT2D eigenvalue weighted by molar-refractivity contribution is -0.154. The first-order valence-electron chi connectivity index (χ1n) is 7.27. The molecule has 5 heteroatoms. The number of rotatable bonds is 5. The van der Waals surface area contributed by atoms with Crippen molar-refractivity contribution >= 4 is 11.9 Å². The Kier molecular flexibility index (Phi) is 5.97. The van der Waals surface area contributed by atoms with Crippen molar-refractivity contribution in [2.45, 2.75) is 52.7 Å². The zero-order chi connectivity index (χ0) is 16.9. The minimum atomic E-state index is -0.820. The molecule has 0 radical (unpaired) electrons. The molecule has 1 rings (SSSR count). The first kappa shape index (κ1) is 18.0. The van der Waals surface area contributed by atoms with Gasteiger partial charge in [-0.2, -0.15) is 0 Å². The Morgan fingerprint density at radius 3 is 2.45 bits per heavy atom. The molecule has 0 bridgehead atoms. The van der Waals surface area contributed by atoms with Crippen molar-refractivity contribution in [1.82, 2.24) is 5.32 Å². The second-order valence-corrected chi connectivity index (χ2v) is 6.35. The van der Waals surface area contributed by atoms with E-state index in [1.807, 2.05) is 39.8 Å². The quantitative estimate of drug-likeness (QED) is 0.848. The predicted molar refractivity (Wildman–Crippen MR) is 84.9 cm³/mol. The Labute approximate surface area is 132 Å². The van der Waals surface area contributed by atoms with Crippen molar-refractivity contribution in [3.05, 3.63) is 29.3 Å². The Morgan fingerprint density at radius 1 is 1.27 bits per heavy atom. The molecule has 0 heterocycles. The van der Waals surface area contributed by atoms with Crippen LogP contribution in [0.1, 0.15) is 38.8 Å². The van der Waals surface area contributed by atoms with Gasteiger partial charge in [0.2, 0.25) is 0 Å². The third kappa shape index (κ3) is 5.76. The maximum Gasteiger partial charge on any atom is 0.311 e. The van der Waals surface area contributed by atoms with Crippen LogP contribution in [0, 0.1) is 6.92 Å². The summed E-state index contributed by atoms with van der Waals surface area (Å²) in [5.74, 6) is -0.0198. The summed E-state index contributed by atoms with van der Waals surface area (Å²) >= 11 is 0. The summed E-state index contributed by atoms with van der Waals surface area (Å²) in [5.41, 5.74) is 1.43. The average Bonchev–Trinajstić information content (AvgIpc) is 2.38. The van der Waals surface area contributed by atoms with E-state index in [2.05, 4.69) is 5.32 Å². The molecule has 5 nitrogen and oxygen atoms in total. The van der Waals surface area contributed by atoms with Crippen molar-refractivity contribution in [3.8, 4) is 5.75 Å². The third-order valence-corrected chi connectivity index (χ3v) is 3.00. The number of amides is 1. The van der Waals surface area contributed by atoms with Crippen LogP contribution in [0.25, 0.3) is 0 Å². The fraction of sp³-hybridized carbons (Fsp3) is 0.529. The van der Waals surface area contributed by atoms with Gasteiger partial charge < -0.3 is 14.8 Å². The van der Waals surface area contributed by atoms with Crippen LogP contribution in [0.4, 0.5) is 0 Å². The molecule has 0 aliphatic carbocycles. The topological polar surface area (TPSA) is 64.6 Å². The van der Waals surface area contributed by atoms with Crippen molar-refractivity contribution in [2.24, 2.45) is 0 Å². The van der Waals surface area contributed by atoms with Gasteiger partial charge in [0.1, 0.15) is 5.75 Å². The van der Waals surface area contributed by atoms with E-state index in [0.717, 1.165) is 16.9 Å². The van der Waals surface area contributed by atoms with Gasteiger partial charge in [0.05, 0.1) is 13.5 Å². The molecule has 0 aromatic heterocycles. The number of carbonyl (C=O) groups is 2. The van der Waals surface area contributed by atoms with E-state index in [-0.39, 0.29) is 17.9 Å². The monoisotopic (exact) mass is 307 g/mol. The minimum Gasteiger partial charge on any atom is -0.496 e. The van der Waals surface area contributed by atoms with E-state index in [0.29, 0.717) is 0 Å². The Bertz CT molecular complexity index is 546. The largest absolute Gasteiger partial charge is 0.496 e. The minimum absolute atomic E-state index is 0.101. The average molecular weight is 307 g/mol. The standard InChI is InChI=1S/C17H25NO4/c1-11-7-8-13(9-14(11)21-6)10-15(19)22-12(2)16(20)18-17(3,4)5/h7-9,12H,10H2,1-6H3,(H,18,20)/t12-/m0/s1. The molecule has 0 saturated heterocycles. The zero-order valence-electron chi connectivity index (χ0n) is 14.1. The Hall–Kier alpha value is -2.04. The molecule has 1 N–H and O–H groups in total. The number of methoxy groups -OCH3 is 1. The van der Waals surface area contributed by atoms with Gasteiger partial charge in [-0.05, 0) is 51.8 Å². The van der Waals surface area contributed by atoms with E-state index in [4.69, 9.17) is 9.47 Å². The van der Waals surface area contributed by atoms with E-state index in [1.54, 1.807) is 20.1 Å². The van der Waals surface area contributed by atoms with Gasteiger partial charge in [-0.15, -0.1) is 0 Å². The number of ether oxygens (including phenoxy) is 2. The van der Waals surface area contributed by atoms with Crippen LogP contribution in [0.2, 0.25) is 0 Å². The number of aryl methyl sites for hydroxylation is 1. The maximum absolute atomic E-state index is 11.9. The summed E-state index contributed by atoms with van der Waals surface area (Å²) in [6.07, 6.45) is -0.719. The summed E-state index contributed by atoms with van der Waals surface area (Å²) in [6, 6.07) is 5.53. The van der Waals surface area contributed by atoms with Crippen LogP contribution in [0.3, 0.4) is 0 Å². The van der Waals surface area contributed by atoms with Crippen LogP contribution >= 0.6 is 0 Å². The maximum atomic E-state index is 11.9. The van der Waals surface area contributed by atoms with Gasteiger partial charge in [0.25, 0.3) is 5.91 Å². The van der Waals surface area contributed by atoms with Crippen LogP contribution in [0.5, 0.6) is 5.75 Å². The van der Waals surface area contributed by atoms with E-state index >= 15 is 0 Å². The highest BCUT2D eigenvalue weighted by molar-refractivity contribution is 5.84. The third-order valence-electron chi connectivity index (χ3n) is 3.00. The van der Waals surface area contributed by atoms with Gasteiger partial charge in [-0.25, -0.2) is 0 Å². The van der Waals surface area contributed by atoms with Crippen LogP contribution in [-0.4, -0.2) is 30.6 Å². The Balaban J connectivity index is 2.61. The van der Waals surface area contributed by atoms with Crippen molar-refractivity contribution in [1.29, 1.82) is 0 Å². The fourth-order valence-electron chi connectivity index (χ4n) is 1.90. The molecular weight excluding hydrogens is 282 g/mol. The molecule has 1 aromatic rings. The Morgan fingerprint density at radius 2 is 1.91 bits per heavy atom. The lowest BCUT2D eigenvalue weighted by Gasteiger charge is -2.23. The lowest BCUT2D eigenvalue weighted by Crippen LogP contribution is -2.46. The lowest BCUT2D eigenvalue weighted by atomic mass is 10.1. The molecular formula is C17H25NO4. The number of esters is 1. The molecule has 1 amide bonds. The van der Waals surface area contributed by atoms with E-state index in [9.17, 15) is 9.59 Å². The van der Waals surface area contributed by atoms with Crippen LogP contribution in [-0.2, 0) is 20.7 Å².